The number of carbonyl (C=O) groups is 1. The van der Waals surface area contributed by atoms with Gasteiger partial charge in [0.05, 0.1) is 24.2 Å². The van der Waals surface area contributed by atoms with E-state index in [1.165, 1.54) is 0 Å². The number of carboxylic acid groups (broad SMARTS) is 1. The van der Waals surface area contributed by atoms with Crippen LogP contribution in [0.2, 0.25) is 5.02 Å². The number of nitrogens with two attached hydrogens (primary N) is 1. The van der Waals surface area contributed by atoms with Crippen LogP contribution in [-0.2, 0) is 4.79 Å². The number of pyridine rings is 1. The molecule has 8 heteroatoms. The number of rotatable bonds is 8. The first kappa shape index (κ1) is 25.5. The van der Waals surface area contributed by atoms with Crippen LogP contribution in [0.1, 0.15) is 42.9 Å². The number of benzene rings is 1. The second-order valence-electron chi connectivity index (χ2n) is 9.04. The van der Waals surface area contributed by atoms with Crippen LogP contribution in [0.4, 0.5) is 0 Å². The fraction of sp³-hybridized carbons (Fsp3) is 0.407. The topological polar surface area (TPSA) is 88.7 Å². The van der Waals surface area contributed by atoms with Gasteiger partial charge in [0.1, 0.15) is 5.75 Å². The van der Waals surface area contributed by atoms with E-state index >= 15 is 0 Å². The molecule has 3 atom stereocenters. The molecule has 0 amide bonds. The summed E-state index contributed by atoms with van der Waals surface area (Å²) in [5, 5.41) is 15.0. The summed E-state index contributed by atoms with van der Waals surface area (Å²) in [5.41, 5.74) is 9.38. The summed E-state index contributed by atoms with van der Waals surface area (Å²) in [4.78, 5) is 18.3. The Kier molecular flexibility index (Phi) is 8.64. The number of methoxy groups -OCH3 is 1. The van der Waals surface area contributed by atoms with Crippen molar-refractivity contribution in [2.24, 2.45) is 17.6 Å². The van der Waals surface area contributed by atoms with Gasteiger partial charge in [0.15, 0.2) is 0 Å². The van der Waals surface area contributed by atoms with Crippen LogP contribution in [0.3, 0.4) is 0 Å². The predicted molar refractivity (Wildman–Crippen MR) is 141 cm³/mol. The highest BCUT2D eigenvalue weighted by Gasteiger charge is 2.31. The Hall–Kier alpha value is -2.63. The molecule has 1 aromatic carbocycles. The minimum Gasteiger partial charge on any atom is -0.497 e. The van der Waals surface area contributed by atoms with Crippen molar-refractivity contribution in [2.45, 2.75) is 31.7 Å². The third-order valence-corrected chi connectivity index (χ3v) is 7.74. The van der Waals surface area contributed by atoms with Crippen molar-refractivity contribution in [3.8, 4) is 17.6 Å². The number of piperidine rings is 1. The predicted octanol–water partition coefficient (Wildman–Crippen LogP) is 5.20. The molecular weight excluding hydrogens is 482 g/mol. The fourth-order valence-corrected chi connectivity index (χ4v) is 5.81. The van der Waals surface area contributed by atoms with Gasteiger partial charge < -0.3 is 15.6 Å². The van der Waals surface area contributed by atoms with Crippen molar-refractivity contribution in [3.63, 3.8) is 0 Å². The summed E-state index contributed by atoms with van der Waals surface area (Å²) >= 11 is 8.17. The molecule has 3 aromatic rings. The lowest BCUT2D eigenvalue weighted by Crippen LogP contribution is -2.41. The molecule has 0 aliphatic carbocycles. The van der Waals surface area contributed by atoms with Gasteiger partial charge in [-0.15, -0.1) is 0 Å². The molecule has 3 unspecified atom stereocenters. The maximum absolute atomic E-state index is 11.6. The first-order valence-corrected chi connectivity index (χ1v) is 13.1. The van der Waals surface area contributed by atoms with Crippen molar-refractivity contribution in [2.75, 3.05) is 26.7 Å². The molecule has 0 spiro atoms. The van der Waals surface area contributed by atoms with E-state index in [1.54, 1.807) is 24.6 Å². The van der Waals surface area contributed by atoms with Crippen molar-refractivity contribution in [1.82, 2.24) is 9.88 Å². The molecule has 3 heterocycles. The molecule has 1 fully saturated rings. The maximum Gasteiger partial charge on any atom is 0.303 e. The molecule has 6 nitrogen and oxygen atoms in total. The third kappa shape index (κ3) is 6.53. The average Bonchev–Trinajstić information content (AvgIpc) is 3.36. The minimum absolute atomic E-state index is 0.0705. The van der Waals surface area contributed by atoms with Crippen LogP contribution in [0.25, 0.3) is 10.9 Å². The Morgan fingerprint density at radius 3 is 3.00 bits per heavy atom. The minimum atomic E-state index is -0.759. The van der Waals surface area contributed by atoms with Crippen LogP contribution in [0.5, 0.6) is 5.75 Å². The molecule has 0 saturated carbocycles. The molecule has 1 saturated heterocycles. The molecule has 184 valence electrons. The van der Waals surface area contributed by atoms with Gasteiger partial charge in [-0.3, -0.25) is 14.7 Å². The van der Waals surface area contributed by atoms with Crippen LogP contribution >= 0.6 is 22.9 Å². The first-order valence-electron chi connectivity index (χ1n) is 11.8. The number of aliphatic carboxylic acids is 1. The van der Waals surface area contributed by atoms with Gasteiger partial charge in [0.2, 0.25) is 0 Å². The normalized spacial score (nSPS) is 19.2. The Morgan fingerprint density at radius 1 is 1.40 bits per heavy atom. The van der Waals surface area contributed by atoms with Crippen LogP contribution in [0, 0.1) is 23.7 Å². The van der Waals surface area contributed by atoms with E-state index in [-0.39, 0.29) is 18.4 Å². The van der Waals surface area contributed by atoms with E-state index in [1.807, 2.05) is 35.0 Å². The number of halogens is 1. The second-order valence-corrected chi connectivity index (χ2v) is 10.2. The molecule has 0 radical (unpaired) electrons. The monoisotopic (exact) mass is 511 g/mol. The second kappa shape index (κ2) is 11.9. The van der Waals surface area contributed by atoms with Gasteiger partial charge in [0.25, 0.3) is 0 Å². The SMILES string of the molecule is COc1ccc2ncc(Cl)c(C(N)CCC3CCN(CC#Cc4ccsc4)CC3CC(=O)O)c2c1. The van der Waals surface area contributed by atoms with E-state index in [9.17, 15) is 9.90 Å². The van der Waals surface area contributed by atoms with Crippen molar-refractivity contribution in [3.05, 3.63) is 57.4 Å². The number of fused-ring (bicyclic) bond motifs is 1. The van der Waals surface area contributed by atoms with Gasteiger partial charge in [-0.1, -0.05) is 23.4 Å². The average molecular weight is 512 g/mol. The number of ether oxygens (including phenoxy) is 1. The van der Waals surface area contributed by atoms with E-state index < -0.39 is 5.97 Å². The van der Waals surface area contributed by atoms with Crippen molar-refractivity contribution < 1.29 is 14.6 Å². The lowest BCUT2D eigenvalue weighted by Gasteiger charge is -2.37. The summed E-state index contributed by atoms with van der Waals surface area (Å²) in [6.45, 7) is 2.30. The van der Waals surface area contributed by atoms with Crippen LogP contribution < -0.4 is 10.5 Å². The Balaban J connectivity index is 1.42. The number of nitrogens with zero attached hydrogens (tertiary/aromatic N) is 2. The van der Waals surface area contributed by atoms with Crippen molar-refractivity contribution >= 4 is 39.8 Å². The molecule has 3 N–H and O–H groups in total. The largest absolute Gasteiger partial charge is 0.497 e. The van der Waals surface area contributed by atoms with Gasteiger partial charge in [0, 0.05) is 41.5 Å². The summed E-state index contributed by atoms with van der Waals surface area (Å²) in [5.74, 6) is 6.75. The summed E-state index contributed by atoms with van der Waals surface area (Å²) in [7, 11) is 1.63. The number of aromatic nitrogens is 1. The summed E-state index contributed by atoms with van der Waals surface area (Å²) in [6.07, 6.45) is 4.30. The summed E-state index contributed by atoms with van der Waals surface area (Å²) in [6, 6.07) is 7.43. The third-order valence-electron chi connectivity index (χ3n) is 6.76. The highest BCUT2D eigenvalue weighted by Crippen LogP contribution is 2.36. The lowest BCUT2D eigenvalue weighted by atomic mass is 9.79. The fourth-order valence-electron chi connectivity index (χ4n) is 4.93. The van der Waals surface area contributed by atoms with E-state index in [2.05, 4.69) is 21.7 Å². The van der Waals surface area contributed by atoms with Gasteiger partial charge in [-0.05, 0) is 72.9 Å². The van der Waals surface area contributed by atoms with Gasteiger partial charge >= 0.3 is 5.97 Å². The molecule has 4 rings (SSSR count). The van der Waals surface area contributed by atoms with E-state index in [0.29, 0.717) is 17.5 Å². The Labute approximate surface area is 215 Å². The molecule has 1 aliphatic rings. The molecule has 2 aromatic heterocycles. The number of carboxylic acids is 1. The van der Waals surface area contributed by atoms with Gasteiger partial charge in [-0.2, -0.15) is 11.3 Å². The quantitative estimate of drug-likeness (QED) is 0.404. The van der Waals surface area contributed by atoms with E-state index in [0.717, 1.165) is 60.1 Å². The zero-order valence-corrected chi connectivity index (χ0v) is 21.3. The number of hydrogen-bond acceptors (Lipinski definition) is 6. The number of thiophene rings is 1. The standard InChI is InChI=1S/C27H30ClN3O3S/c1-34-21-5-7-25-22(14-21)27(23(28)15-30-25)24(29)6-4-19-8-11-31(16-20(19)13-26(32)33)10-2-3-18-9-12-35-17-18/h5,7,9,12,14-15,17,19-20,24H,4,6,8,10-11,13,16,29H2,1H3,(H,32,33). The smallest absolute Gasteiger partial charge is 0.303 e. The lowest BCUT2D eigenvalue weighted by molar-refractivity contribution is -0.139. The highest BCUT2D eigenvalue weighted by molar-refractivity contribution is 7.08. The summed E-state index contributed by atoms with van der Waals surface area (Å²) < 4.78 is 5.38. The molecule has 1 aliphatic heterocycles. The molecular formula is C27H30ClN3O3S. The first-order chi connectivity index (χ1) is 16.9. The number of likely N-dealkylation sites (tertiary alicyclic amines) is 1. The molecule has 35 heavy (non-hydrogen) atoms. The maximum atomic E-state index is 11.6. The molecule has 0 bridgehead atoms. The zero-order chi connectivity index (χ0) is 24.8. The Bertz CT molecular complexity index is 1220. The van der Waals surface area contributed by atoms with Crippen molar-refractivity contribution in [1.29, 1.82) is 0 Å². The Morgan fingerprint density at radius 2 is 2.26 bits per heavy atom. The zero-order valence-electron chi connectivity index (χ0n) is 19.7. The van der Waals surface area contributed by atoms with E-state index in [4.69, 9.17) is 22.1 Å². The highest BCUT2D eigenvalue weighted by atomic mass is 35.5. The van der Waals surface area contributed by atoms with Gasteiger partial charge in [-0.25, -0.2) is 0 Å². The number of hydrogen-bond donors (Lipinski definition) is 2. The van der Waals surface area contributed by atoms with Crippen LogP contribution in [-0.4, -0.2) is 47.7 Å². The van der Waals surface area contributed by atoms with Crippen LogP contribution in [0.15, 0.2) is 41.2 Å².